The van der Waals surface area contributed by atoms with Crippen molar-refractivity contribution in [3.63, 3.8) is 0 Å². The Morgan fingerprint density at radius 1 is 0.905 bits per heavy atom. The number of nitrogens with zero attached hydrogens (tertiary/aromatic N) is 2. The average Bonchev–Trinajstić information content (AvgIpc) is 2.51. The molecule has 21 heavy (non-hydrogen) atoms. The van der Waals surface area contributed by atoms with E-state index in [0.29, 0.717) is 10.0 Å². The molecule has 0 unspecified atom stereocenters. The van der Waals surface area contributed by atoms with E-state index in [1.165, 1.54) is 24.8 Å². The quantitative estimate of drug-likeness (QED) is 0.746. The molecule has 0 bridgehead atoms. The molecule has 1 aliphatic carbocycles. The SMILES string of the molecule is Cc1ccc(C2(c3ccc(Cl)c(Cl)c3)CCCCC2)nn1. The molecule has 3 rings (SSSR count). The first-order valence-corrected chi connectivity index (χ1v) is 8.14. The second kappa shape index (κ2) is 5.94. The zero-order chi connectivity index (χ0) is 14.9. The lowest BCUT2D eigenvalue weighted by molar-refractivity contribution is 0.336. The van der Waals surface area contributed by atoms with Gasteiger partial charge in [-0.1, -0.05) is 48.5 Å². The first-order chi connectivity index (χ1) is 10.1. The molecular formula is C17H18Cl2N2. The van der Waals surface area contributed by atoms with Gasteiger partial charge in [0.05, 0.1) is 21.4 Å². The molecule has 0 saturated heterocycles. The number of halogens is 2. The smallest absolute Gasteiger partial charge is 0.0736 e. The number of aromatic nitrogens is 2. The predicted molar refractivity (Wildman–Crippen MR) is 87.1 cm³/mol. The van der Waals surface area contributed by atoms with Crippen LogP contribution in [0.4, 0.5) is 0 Å². The maximum atomic E-state index is 6.24. The minimum Gasteiger partial charge on any atom is -0.156 e. The van der Waals surface area contributed by atoms with Crippen LogP contribution in [0.15, 0.2) is 30.3 Å². The molecule has 1 saturated carbocycles. The molecule has 0 atom stereocenters. The fourth-order valence-electron chi connectivity index (χ4n) is 3.30. The zero-order valence-electron chi connectivity index (χ0n) is 12.1. The van der Waals surface area contributed by atoms with Gasteiger partial charge in [0.2, 0.25) is 0 Å². The molecule has 0 aliphatic heterocycles. The summed E-state index contributed by atoms with van der Waals surface area (Å²) < 4.78 is 0. The number of aryl methyl sites for hydroxylation is 1. The Morgan fingerprint density at radius 3 is 2.29 bits per heavy atom. The largest absolute Gasteiger partial charge is 0.156 e. The van der Waals surface area contributed by atoms with E-state index >= 15 is 0 Å². The van der Waals surface area contributed by atoms with Crippen molar-refractivity contribution in [3.8, 4) is 0 Å². The summed E-state index contributed by atoms with van der Waals surface area (Å²) in [5, 5.41) is 9.94. The van der Waals surface area contributed by atoms with Gasteiger partial charge < -0.3 is 0 Å². The van der Waals surface area contributed by atoms with Crippen LogP contribution in [0.1, 0.15) is 49.1 Å². The molecule has 2 aromatic rings. The van der Waals surface area contributed by atoms with Crippen molar-refractivity contribution in [2.24, 2.45) is 0 Å². The van der Waals surface area contributed by atoms with Crippen LogP contribution >= 0.6 is 23.2 Å². The summed E-state index contributed by atoms with van der Waals surface area (Å²) in [6.07, 6.45) is 5.86. The average molecular weight is 321 g/mol. The highest BCUT2D eigenvalue weighted by Crippen LogP contribution is 2.45. The van der Waals surface area contributed by atoms with Gasteiger partial charge in [-0.15, -0.1) is 0 Å². The van der Waals surface area contributed by atoms with Crippen LogP contribution in [0.5, 0.6) is 0 Å². The van der Waals surface area contributed by atoms with Gasteiger partial charge in [-0.3, -0.25) is 0 Å². The van der Waals surface area contributed by atoms with E-state index in [-0.39, 0.29) is 5.41 Å². The molecule has 0 spiro atoms. The standard InChI is InChI=1S/C17H18Cl2N2/c1-12-5-8-16(21-20-12)17(9-3-2-4-10-17)13-6-7-14(18)15(19)11-13/h5-8,11H,2-4,9-10H2,1H3. The van der Waals surface area contributed by atoms with Gasteiger partial charge in [0, 0.05) is 5.41 Å². The van der Waals surface area contributed by atoms with Crippen LogP contribution in [-0.4, -0.2) is 10.2 Å². The molecule has 0 radical (unpaired) electrons. The Bertz CT molecular complexity index is 632. The lowest BCUT2D eigenvalue weighted by atomic mass is 9.67. The molecule has 2 nitrogen and oxygen atoms in total. The van der Waals surface area contributed by atoms with Crippen molar-refractivity contribution in [2.45, 2.75) is 44.4 Å². The summed E-state index contributed by atoms with van der Waals surface area (Å²) in [5.74, 6) is 0. The van der Waals surface area contributed by atoms with Gasteiger partial charge in [-0.2, -0.15) is 10.2 Å². The summed E-state index contributed by atoms with van der Waals surface area (Å²) in [7, 11) is 0. The molecule has 0 amide bonds. The third-order valence-corrected chi connectivity index (χ3v) is 5.21. The Morgan fingerprint density at radius 2 is 1.67 bits per heavy atom. The minimum atomic E-state index is -0.0762. The Hall–Kier alpha value is -1.12. The molecule has 1 heterocycles. The molecular weight excluding hydrogens is 303 g/mol. The first-order valence-electron chi connectivity index (χ1n) is 7.38. The fourth-order valence-corrected chi connectivity index (χ4v) is 3.59. The van der Waals surface area contributed by atoms with Gasteiger partial charge >= 0.3 is 0 Å². The van der Waals surface area contributed by atoms with Crippen LogP contribution in [-0.2, 0) is 5.41 Å². The summed E-state index contributed by atoms with van der Waals surface area (Å²) in [4.78, 5) is 0. The normalized spacial score (nSPS) is 17.7. The van der Waals surface area contributed by atoms with Gasteiger partial charge in [-0.25, -0.2) is 0 Å². The molecule has 1 aromatic heterocycles. The van der Waals surface area contributed by atoms with E-state index < -0.39 is 0 Å². The monoisotopic (exact) mass is 320 g/mol. The van der Waals surface area contributed by atoms with Crippen molar-refractivity contribution in [3.05, 3.63) is 57.3 Å². The van der Waals surface area contributed by atoms with E-state index in [1.807, 2.05) is 25.1 Å². The highest BCUT2D eigenvalue weighted by atomic mass is 35.5. The van der Waals surface area contributed by atoms with E-state index in [4.69, 9.17) is 23.2 Å². The summed E-state index contributed by atoms with van der Waals surface area (Å²) in [5.41, 5.74) is 3.12. The lowest BCUT2D eigenvalue weighted by Gasteiger charge is -2.37. The molecule has 1 aromatic carbocycles. The zero-order valence-corrected chi connectivity index (χ0v) is 13.6. The Labute approximate surface area is 135 Å². The van der Waals surface area contributed by atoms with Gasteiger partial charge in [-0.05, 0) is 49.6 Å². The third-order valence-electron chi connectivity index (χ3n) is 4.47. The van der Waals surface area contributed by atoms with Crippen molar-refractivity contribution in [2.75, 3.05) is 0 Å². The maximum absolute atomic E-state index is 6.24. The van der Waals surface area contributed by atoms with E-state index in [9.17, 15) is 0 Å². The number of rotatable bonds is 2. The topological polar surface area (TPSA) is 25.8 Å². The number of hydrogen-bond donors (Lipinski definition) is 0. The van der Waals surface area contributed by atoms with Crippen molar-refractivity contribution in [1.82, 2.24) is 10.2 Å². The summed E-state index contributed by atoms with van der Waals surface area (Å²) in [6, 6.07) is 10.1. The fraction of sp³-hybridized carbons (Fsp3) is 0.412. The van der Waals surface area contributed by atoms with Crippen molar-refractivity contribution in [1.29, 1.82) is 0 Å². The highest BCUT2D eigenvalue weighted by molar-refractivity contribution is 6.42. The second-order valence-electron chi connectivity index (χ2n) is 5.83. The van der Waals surface area contributed by atoms with E-state index in [0.717, 1.165) is 24.2 Å². The van der Waals surface area contributed by atoms with Gasteiger partial charge in [0.15, 0.2) is 0 Å². The van der Waals surface area contributed by atoms with Crippen LogP contribution in [0.25, 0.3) is 0 Å². The molecule has 4 heteroatoms. The van der Waals surface area contributed by atoms with Gasteiger partial charge in [0.25, 0.3) is 0 Å². The Kier molecular flexibility index (Phi) is 4.19. The molecule has 1 fully saturated rings. The summed E-state index contributed by atoms with van der Waals surface area (Å²) in [6.45, 7) is 1.96. The van der Waals surface area contributed by atoms with Gasteiger partial charge in [0.1, 0.15) is 0 Å². The van der Waals surface area contributed by atoms with E-state index in [2.05, 4.69) is 22.3 Å². The third kappa shape index (κ3) is 2.79. The second-order valence-corrected chi connectivity index (χ2v) is 6.65. The predicted octanol–water partition coefficient (Wildman–Crippen LogP) is 5.34. The van der Waals surface area contributed by atoms with Crippen molar-refractivity contribution >= 4 is 23.2 Å². The van der Waals surface area contributed by atoms with E-state index in [1.54, 1.807) is 0 Å². The van der Waals surface area contributed by atoms with Crippen LogP contribution in [0, 0.1) is 6.92 Å². The lowest BCUT2D eigenvalue weighted by Crippen LogP contribution is -2.31. The maximum Gasteiger partial charge on any atom is 0.0736 e. The molecule has 1 aliphatic rings. The molecule has 110 valence electrons. The first kappa shape index (κ1) is 14.8. The van der Waals surface area contributed by atoms with Crippen molar-refractivity contribution < 1.29 is 0 Å². The molecule has 0 N–H and O–H groups in total. The van der Waals surface area contributed by atoms with Crippen LogP contribution in [0.3, 0.4) is 0 Å². The minimum absolute atomic E-state index is 0.0762. The number of hydrogen-bond acceptors (Lipinski definition) is 2. The van der Waals surface area contributed by atoms with Crippen LogP contribution < -0.4 is 0 Å². The highest BCUT2D eigenvalue weighted by Gasteiger charge is 2.37. The Balaban J connectivity index is 2.12. The summed E-state index contributed by atoms with van der Waals surface area (Å²) >= 11 is 12.3. The number of benzene rings is 1. The van der Waals surface area contributed by atoms with Crippen LogP contribution in [0.2, 0.25) is 10.0 Å².